The van der Waals surface area contributed by atoms with Crippen molar-refractivity contribution in [2.75, 3.05) is 0 Å². The predicted molar refractivity (Wildman–Crippen MR) is 47.0 cm³/mol. The Morgan fingerprint density at radius 2 is 1.69 bits per heavy atom. The van der Waals surface area contributed by atoms with Gasteiger partial charge in [-0.05, 0) is 17.7 Å². The van der Waals surface area contributed by atoms with Gasteiger partial charge < -0.3 is 0 Å². The van der Waals surface area contributed by atoms with Crippen LogP contribution in [0.4, 0.5) is 13.2 Å². The van der Waals surface area contributed by atoms with Gasteiger partial charge >= 0.3 is 6.30 Å². The van der Waals surface area contributed by atoms with E-state index in [0.29, 0.717) is 5.56 Å². The first-order chi connectivity index (χ1) is 5.97. The zero-order valence-corrected chi connectivity index (χ0v) is 8.11. The van der Waals surface area contributed by atoms with E-state index in [1.54, 1.807) is 24.3 Å². The molecule has 0 heterocycles. The molecule has 0 aliphatic rings. The molecule has 5 heteroatoms. The minimum Gasteiger partial charge on any atom is -0.224 e. The van der Waals surface area contributed by atoms with Crippen LogP contribution in [0.2, 0.25) is 0 Å². The van der Waals surface area contributed by atoms with Crippen LogP contribution < -0.4 is 5.32 Å². The molecule has 0 spiro atoms. The van der Waals surface area contributed by atoms with Gasteiger partial charge in [0.15, 0.2) is 0 Å². The van der Waals surface area contributed by atoms with Gasteiger partial charge in [-0.25, -0.2) is 5.32 Å². The number of halogens is 4. The van der Waals surface area contributed by atoms with Gasteiger partial charge in [0.2, 0.25) is 0 Å². The fourth-order valence-corrected chi connectivity index (χ4v) is 1.07. The first-order valence-corrected chi connectivity index (χ1v) is 4.33. The maximum Gasteiger partial charge on any atom is 0.457 e. The third-order valence-corrected chi connectivity index (χ3v) is 1.93. The molecule has 1 aromatic rings. The molecule has 0 radical (unpaired) electrons. The van der Waals surface area contributed by atoms with E-state index in [1.165, 1.54) is 5.32 Å². The fourth-order valence-electron chi connectivity index (χ4n) is 0.805. The summed E-state index contributed by atoms with van der Waals surface area (Å²) in [6.07, 6.45) is -4.31. The first-order valence-electron chi connectivity index (χ1n) is 3.53. The molecule has 1 nitrogen and oxygen atoms in total. The largest absolute Gasteiger partial charge is 0.457 e. The van der Waals surface area contributed by atoms with Crippen molar-refractivity contribution >= 4 is 15.9 Å². The second kappa shape index (κ2) is 4.11. The Morgan fingerprint density at radius 3 is 2.15 bits per heavy atom. The van der Waals surface area contributed by atoms with Crippen LogP contribution in [0.25, 0.3) is 0 Å². The quantitative estimate of drug-likeness (QED) is 0.800. The summed E-state index contributed by atoms with van der Waals surface area (Å²) in [5, 5.41) is 1.44. The molecule has 1 rings (SSSR count). The Kier molecular flexibility index (Phi) is 3.33. The molecule has 1 N–H and O–H groups in total. The van der Waals surface area contributed by atoms with Crippen molar-refractivity contribution in [2.24, 2.45) is 0 Å². The summed E-state index contributed by atoms with van der Waals surface area (Å²) in [5.41, 5.74) is 0.598. The summed E-state index contributed by atoms with van der Waals surface area (Å²) in [7, 11) is 0. The zero-order valence-electron chi connectivity index (χ0n) is 6.53. The standard InChI is InChI=1S/C8H7BrF3N/c9-7-3-1-6(2-4-7)5-13-8(10,11)12/h1-4,13H,5H2. The van der Waals surface area contributed by atoms with E-state index in [9.17, 15) is 13.2 Å². The number of hydrogen-bond acceptors (Lipinski definition) is 1. The summed E-state index contributed by atoms with van der Waals surface area (Å²) >= 11 is 3.19. The summed E-state index contributed by atoms with van der Waals surface area (Å²) in [5.74, 6) is 0. The van der Waals surface area contributed by atoms with Crippen molar-refractivity contribution in [3.8, 4) is 0 Å². The van der Waals surface area contributed by atoms with Crippen molar-refractivity contribution in [1.29, 1.82) is 0 Å². The number of benzene rings is 1. The lowest BCUT2D eigenvalue weighted by molar-refractivity contribution is -0.158. The Hall–Kier alpha value is -0.550. The monoisotopic (exact) mass is 253 g/mol. The third-order valence-electron chi connectivity index (χ3n) is 1.41. The highest BCUT2D eigenvalue weighted by Crippen LogP contribution is 2.13. The number of hydrogen-bond donors (Lipinski definition) is 1. The first kappa shape index (κ1) is 10.5. The van der Waals surface area contributed by atoms with Crippen LogP contribution in [0.5, 0.6) is 0 Å². The Morgan fingerprint density at radius 1 is 1.15 bits per heavy atom. The topological polar surface area (TPSA) is 12.0 Å². The van der Waals surface area contributed by atoms with Gasteiger partial charge in [0, 0.05) is 11.0 Å². The van der Waals surface area contributed by atoms with E-state index >= 15 is 0 Å². The third kappa shape index (κ3) is 4.28. The molecular formula is C8H7BrF3N. The lowest BCUT2D eigenvalue weighted by Crippen LogP contribution is -2.30. The fraction of sp³-hybridized carbons (Fsp3) is 0.250. The van der Waals surface area contributed by atoms with Crippen molar-refractivity contribution in [2.45, 2.75) is 12.8 Å². The lowest BCUT2D eigenvalue weighted by Gasteiger charge is -2.07. The molecule has 0 aromatic heterocycles. The van der Waals surface area contributed by atoms with Crippen LogP contribution in [-0.4, -0.2) is 6.30 Å². The number of nitrogens with one attached hydrogen (secondary N) is 1. The van der Waals surface area contributed by atoms with Crippen molar-refractivity contribution in [3.63, 3.8) is 0 Å². The second-order valence-corrected chi connectivity index (χ2v) is 3.39. The molecule has 0 atom stereocenters. The minimum absolute atomic E-state index is 0.198. The maximum atomic E-state index is 11.7. The molecular weight excluding hydrogens is 247 g/mol. The smallest absolute Gasteiger partial charge is 0.224 e. The predicted octanol–water partition coefficient (Wildman–Crippen LogP) is 3.06. The Balaban J connectivity index is 2.51. The van der Waals surface area contributed by atoms with E-state index in [1.807, 2.05) is 0 Å². The summed E-state index contributed by atoms with van der Waals surface area (Å²) in [6.45, 7) is -0.198. The molecule has 0 unspecified atom stereocenters. The SMILES string of the molecule is FC(F)(F)NCc1ccc(Br)cc1. The van der Waals surface area contributed by atoms with Crippen molar-refractivity contribution in [1.82, 2.24) is 5.32 Å². The summed E-state index contributed by atoms with van der Waals surface area (Å²) in [4.78, 5) is 0. The molecule has 0 fully saturated rings. The van der Waals surface area contributed by atoms with Crippen LogP contribution in [0.15, 0.2) is 28.7 Å². The van der Waals surface area contributed by atoms with Gasteiger partial charge in [-0.15, -0.1) is 0 Å². The summed E-state index contributed by atoms with van der Waals surface area (Å²) in [6, 6.07) is 6.66. The minimum atomic E-state index is -4.31. The molecule has 72 valence electrons. The molecule has 13 heavy (non-hydrogen) atoms. The highest BCUT2D eigenvalue weighted by molar-refractivity contribution is 9.10. The molecule has 0 aliphatic carbocycles. The zero-order chi connectivity index (χ0) is 9.90. The maximum absolute atomic E-state index is 11.7. The molecule has 0 bridgehead atoms. The van der Waals surface area contributed by atoms with Gasteiger partial charge in [0.05, 0.1) is 0 Å². The molecule has 1 aromatic carbocycles. The van der Waals surface area contributed by atoms with Crippen molar-refractivity contribution < 1.29 is 13.2 Å². The van der Waals surface area contributed by atoms with E-state index in [2.05, 4.69) is 15.9 Å². The van der Waals surface area contributed by atoms with E-state index in [4.69, 9.17) is 0 Å². The van der Waals surface area contributed by atoms with Crippen LogP contribution in [0.3, 0.4) is 0 Å². The lowest BCUT2D eigenvalue weighted by atomic mass is 10.2. The number of alkyl halides is 3. The van der Waals surface area contributed by atoms with Crippen LogP contribution in [0.1, 0.15) is 5.56 Å². The number of rotatable bonds is 2. The normalized spacial score (nSPS) is 11.7. The highest BCUT2D eigenvalue weighted by Gasteiger charge is 2.25. The Labute approximate surface area is 82.1 Å². The van der Waals surface area contributed by atoms with E-state index in [-0.39, 0.29) is 6.54 Å². The van der Waals surface area contributed by atoms with Gasteiger partial charge in [-0.1, -0.05) is 28.1 Å². The van der Waals surface area contributed by atoms with E-state index in [0.717, 1.165) is 4.47 Å². The van der Waals surface area contributed by atoms with Gasteiger partial charge in [-0.2, -0.15) is 13.2 Å². The van der Waals surface area contributed by atoms with Crippen LogP contribution in [-0.2, 0) is 6.54 Å². The van der Waals surface area contributed by atoms with Crippen LogP contribution in [0, 0.1) is 0 Å². The molecule has 0 saturated heterocycles. The second-order valence-electron chi connectivity index (χ2n) is 2.48. The van der Waals surface area contributed by atoms with Gasteiger partial charge in [0.25, 0.3) is 0 Å². The van der Waals surface area contributed by atoms with E-state index < -0.39 is 6.30 Å². The Bertz CT molecular complexity index is 268. The average Bonchev–Trinajstić information content (AvgIpc) is 2.02. The van der Waals surface area contributed by atoms with Gasteiger partial charge in [-0.3, -0.25) is 0 Å². The van der Waals surface area contributed by atoms with Crippen molar-refractivity contribution in [3.05, 3.63) is 34.3 Å². The molecule has 0 amide bonds. The molecule has 0 aliphatic heterocycles. The summed E-state index contributed by atoms with van der Waals surface area (Å²) < 4.78 is 36.0. The molecule has 0 saturated carbocycles. The van der Waals surface area contributed by atoms with Crippen LogP contribution >= 0.6 is 15.9 Å². The van der Waals surface area contributed by atoms with Gasteiger partial charge in [0.1, 0.15) is 0 Å². The average molecular weight is 254 g/mol. The highest BCUT2D eigenvalue weighted by atomic mass is 79.9.